The first-order valence-electron chi connectivity index (χ1n) is 10.1. The molecule has 1 aromatic carbocycles. The van der Waals surface area contributed by atoms with Crippen LogP contribution in [-0.2, 0) is 19.4 Å². The smallest absolute Gasteiger partial charge is 0.191 e. The molecule has 2 N–H and O–H groups in total. The maximum absolute atomic E-state index is 4.84. The molecule has 3 rings (SSSR count). The second kappa shape index (κ2) is 9.02. The molecule has 2 unspecified atom stereocenters. The number of aromatic nitrogens is 3. The zero-order valence-corrected chi connectivity index (χ0v) is 17.0. The van der Waals surface area contributed by atoms with Gasteiger partial charge in [0.25, 0.3) is 0 Å². The lowest BCUT2D eigenvalue weighted by atomic mass is 10.00. The standard InChI is InChI=1S/C21H32N6/c1-5-19-25-20-11-10-18(14-27(20)26-19)24-21(22-6-2)23-13-16(4)17-9-7-8-15(3)12-17/h7-9,12,16,18H,5-6,10-11,13-14H2,1-4H3,(H2,22,23,24). The quantitative estimate of drug-likeness (QED) is 0.608. The Kier molecular flexibility index (Phi) is 6.48. The molecule has 0 aliphatic carbocycles. The summed E-state index contributed by atoms with van der Waals surface area (Å²) in [4.78, 5) is 9.44. The first-order chi connectivity index (χ1) is 13.1. The van der Waals surface area contributed by atoms with Crippen molar-refractivity contribution in [2.45, 2.75) is 65.5 Å². The van der Waals surface area contributed by atoms with E-state index in [2.05, 4.69) is 77.4 Å². The zero-order chi connectivity index (χ0) is 19.2. The van der Waals surface area contributed by atoms with E-state index in [0.29, 0.717) is 12.0 Å². The molecular weight excluding hydrogens is 336 g/mol. The minimum atomic E-state index is 0.330. The molecule has 2 aromatic rings. The van der Waals surface area contributed by atoms with Gasteiger partial charge in [-0.15, -0.1) is 0 Å². The van der Waals surface area contributed by atoms with Crippen molar-refractivity contribution in [1.29, 1.82) is 0 Å². The summed E-state index contributed by atoms with van der Waals surface area (Å²) >= 11 is 0. The van der Waals surface area contributed by atoms with Crippen molar-refractivity contribution in [2.75, 3.05) is 13.1 Å². The molecule has 0 saturated carbocycles. The number of nitrogens with one attached hydrogen (secondary N) is 2. The van der Waals surface area contributed by atoms with E-state index in [1.165, 1.54) is 11.1 Å². The van der Waals surface area contributed by atoms with E-state index in [4.69, 9.17) is 4.99 Å². The van der Waals surface area contributed by atoms with Crippen LogP contribution in [0.3, 0.4) is 0 Å². The third kappa shape index (κ3) is 5.08. The molecule has 0 fully saturated rings. The van der Waals surface area contributed by atoms with E-state index in [1.54, 1.807) is 0 Å². The predicted molar refractivity (Wildman–Crippen MR) is 110 cm³/mol. The summed E-state index contributed by atoms with van der Waals surface area (Å²) in [5.74, 6) is 3.33. The van der Waals surface area contributed by atoms with Gasteiger partial charge in [-0.2, -0.15) is 5.10 Å². The predicted octanol–water partition coefficient (Wildman–Crippen LogP) is 2.82. The van der Waals surface area contributed by atoms with Gasteiger partial charge in [0, 0.05) is 37.9 Å². The van der Waals surface area contributed by atoms with Crippen molar-refractivity contribution < 1.29 is 0 Å². The number of aliphatic imine (C=N–C) groups is 1. The Morgan fingerprint density at radius 1 is 1.37 bits per heavy atom. The molecule has 1 aliphatic rings. The van der Waals surface area contributed by atoms with Gasteiger partial charge in [0.1, 0.15) is 5.82 Å². The Labute approximate surface area is 162 Å². The summed E-state index contributed by atoms with van der Waals surface area (Å²) in [6.07, 6.45) is 2.91. The van der Waals surface area contributed by atoms with Gasteiger partial charge >= 0.3 is 0 Å². The van der Waals surface area contributed by atoms with Gasteiger partial charge in [-0.25, -0.2) is 9.67 Å². The molecule has 27 heavy (non-hydrogen) atoms. The summed E-state index contributed by atoms with van der Waals surface area (Å²) < 4.78 is 2.05. The Morgan fingerprint density at radius 2 is 2.22 bits per heavy atom. The molecule has 6 nitrogen and oxygen atoms in total. The number of guanidine groups is 1. The van der Waals surface area contributed by atoms with Crippen LogP contribution in [0.4, 0.5) is 0 Å². The molecule has 146 valence electrons. The van der Waals surface area contributed by atoms with E-state index in [1.807, 2.05) is 0 Å². The molecule has 0 spiro atoms. The monoisotopic (exact) mass is 368 g/mol. The SMILES string of the molecule is CCNC(=NCC(C)c1cccc(C)c1)NC1CCc2nc(CC)nn2C1. The normalized spacial score (nSPS) is 18.1. The number of aryl methyl sites for hydroxylation is 3. The van der Waals surface area contributed by atoms with Crippen molar-refractivity contribution in [2.24, 2.45) is 4.99 Å². The highest BCUT2D eigenvalue weighted by atomic mass is 15.4. The molecule has 0 saturated heterocycles. The second-order valence-corrected chi connectivity index (χ2v) is 7.39. The Bertz CT molecular complexity index is 779. The molecule has 2 atom stereocenters. The molecule has 1 aromatic heterocycles. The summed E-state index contributed by atoms with van der Waals surface area (Å²) in [6.45, 7) is 11.0. The topological polar surface area (TPSA) is 67.1 Å². The first-order valence-corrected chi connectivity index (χ1v) is 10.1. The van der Waals surface area contributed by atoms with Crippen LogP contribution in [0.15, 0.2) is 29.3 Å². The van der Waals surface area contributed by atoms with Gasteiger partial charge in [0.15, 0.2) is 11.8 Å². The summed E-state index contributed by atoms with van der Waals surface area (Å²) in [5.41, 5.74) is 2.64. The second-order valence-electron chi connectivity index (χ2n) is 7.39. The van der Waals surface area contributed by atoms with Crippen molar-refractivity contribution in [3.8, 4) is 0 Å². The van der Waals surface area contributed by atoms with Gasteiger partial charge in [0.2, 0.25) is 0 Å². The molecule has 1 aliphatic heterocycles. The van der Waals surface area contributed by atoms with Crippen LogP contribution in [0, 0.1) is 6.92 Å². The van der Waals surface area contributed by atoms with Crippen LogP contribution in [0.2, 0.25) is 0 Å². The average Bonchev–Trinajstić information content (AvgIpc) is 3.08. The van der Waals surface area contributed by atoms with E-state index in [9.17, 15) is 0 Å². The van der Waals surface area contributed by atoms with E-state index in [-0.39, 0.29) is 0 Å². The largest absolute Gasteiger partial charge is 0.357 e. The zero-order valence-electron chi connectivity index (χ0n) is 17.0. The highest BCUT2D eigenvalue weighted by molar-refractivity contribution is 5.80. The van der Waals surface area contributed by atoms with Crippen LogP contribution < -0.4 is 10.6 Å². The van der Waals surface area contributed by atoms with Gasteiger partial charge in [-0.1, -0.05) is 43.7 Å². The van der Waals surface area contributed by atoms with Crippen molar-refractivity contribution in [1.82, 2.24) is 25.4 Å². The highest BCUT2D eigenvalue weighted by Crippen LogP contribution is 2.17. The Morgan fingerprint density at radius 3 is 2.96 bits per heavy atom. The molecule has 0 radical (unpaired) electrons. The summed E-state index contributed by atoms with van der Waals surface area (Å²) in [5, 5.41) is 11.6. The minimum absolute atomic E-state index is 0.330. The summed E-state index contributed by atoms with van der Waals surface area (Å²) in [6, 6.07) is 9.02. The van der Waals surface area contributed by atoms with Gasteiger partial charge in [-0.05, 0) is 25.8 Å². The molecule has 2 heterocycles. The van der Waals surface area contributed by atoms with Crippen LogP contribution in [0.5, 0.6) is 0 Å². The number of hydrogen-bond donors (Lipinski definition) is 2. The van der Waals surface area contributed by atoms with Crippen molar-refractivity contribution >= 4 is 5.96 Å². The lowest BCUT2D eigenvalue weighted by Crippen LogP contribution is -2.47. The average molecular weight is 369 g/mol. The molecular formula is C21H32N6. The van der Waals surface area contributed by atoms with Crippen LogP contribution in [0.1, 0.15) is 55.9 Å². The molecule has 0 amide bonds. The molecule has 6 heteroatoms. The maximum atomic E-state index is 4.84. The van der Waals surface area contributed by atoms with Crippen LogP contribution >= 0.6 is 0 Å². The third-order valence-electron chi connectivity index (χ3n) is 5.04. The van der Waals surface area contributed by atoms with E-state index < -0.39 is 0 Å². The molecule has 0 bridgehead atoms. The minimum Gasteiger partial charge on any atom is -0.357 e. The van der Waals surface area contributed by atoms with Crippen LogP contribution in [0.25, 0.3) is 0 Å². The third-order valence-corrected chi connectivity index (χ3v) is 5.04. The highest BCUT2D eigenvalue weighted by Gasteiger charge is 2.22. The number of benzene rings is 1. The van der Waals surface area contributed by atoms with Gasteiger partial charge < -0.3 is 10.6 Å². The number of fused-ring (bicyclic) bond motifs is 1. The lowest BCUT2D eigenvalue weighted by Gasteiger charge is -2.25. The fourth-order valence-electron chi connectivity index (χ4n) is 3.45. The van der Waals surface area contributed by atoms with E-state index >= 15 is 0 Å². The van der Waals surface area contributed by atoms with Gasteiger partial charge in [0.05, 0.1) is 6.54 Å². The maximum Gasteiger partial charge on any atom is 0.191 e. The van der Waals surface area contributed by atoms with E-state index in [0.717, 1.165) is 56.5 Å². The summed E-state index contributed by atoms with van der Waals surface area (Å²) in [7, 11) is 0. The number of hydrogen-bond acceptors (Lipinski definition) is 3. The first kappa shape index (κ1) is 19.4. The van der Waals surface area contributed by atoms with Gasteiger partial charge in [-0.3, -0.25) is 4.99 Å². The Hall–Kier alpha value is -2.37. The van der Waals surface area contributed by atoms with Crippen LogP contribution in [-0.4, -0.2) is 39.9 Å². The fraction of sp³-hybridized carbons (Fsp3) is 0.571. The fourth-order valence-corrected chi connectivity index (χ4v) is 3.45. The number of nitrogens with zero attached hydrogens (tertiary/aromatic N) is 4. The number of rotatable bonds is 6. The lowest BCUT2D eigenvalue weighted by molar-refractivity contribution is 0.392. The van der Waals surface area contributed by atoms with Crippen molar-refractivity contribution in [3.05, 3.63) is 47.0 Å². The Balaban J connectivity index is 1.62. The van der Waals surface area contributed by atoms with Crippen molar-refractivity contribution in [3.63, 3.8) is 0 Å².